The Hall–Kier alpha value is -8.10. The maximum atomic E-state index is 14.2. The predicted molar refractivity (Wildman–Crippen MR) is 278 cm³/mol. The van der Waals surface area contributed by atoms with E-state index in [1.165, 1.54) is 31.3 Å². The van der Waals surface area contributed by atoms with Gasteiger partial charge in [-0.15, -0.1) is 0 Å². The van der Waals surface area contributed by atoms with Crippen molar-refractivity contribution in [2.24, 2.45) is 0 Å². The van der Waals surface area contributed by atoms with Gasteiger partial charge < -0.3 is 0 Å². The van der Waals surface area contributed by atoms with Gasteiger partial charge in [-0.1, -0.05) is 140 Å². The maximum absolute atomic E-state index is 14.2. The molecule has 9 rings (SSSR count). The van der Waals surface area contributed by atoms with Crippen LogP contribution >= 0.6 is 0 Å². The second-order valence-corrected chi connectivity index (χ2v) is 21.5. The Morgan fingerprint density at radius 3 is 0.770 bits per heavy atom. The van der Waals surface area contributed by atoms with Crippen LogP contribution < -0.4 is 21.9 Å². The van der Waals surface area contributed by atoms with E-state index < -0.39 is 195 Å². The average molecular weight is 1270 g/mol. The number of fused-ring (bicyclic) bond motifs is 2. The van der Waals surface area contributed by atoms with E-state index in [2.05, 4.69) is 84.9 Å². The van der Waals surface area contributed by atoms with E-state index in [0.717, 1.165) is 5.56 Å². The van der Waals surface area contributed by atoms with Crippen LogP contribution in [-0.2, 0) is 60.3 Å². The van der Waals surface area contributed by atoms with Gasteiger partial charge in [-0.3, -0.25) is 4.79 Å². The molecule has 1 nitrogen and oxygen atoms in total. The highest BCUT2D eigenvalue weighted by molar-refractivity contribution is 7.98. The van der Waals surface area contributed by atoms with E-state index >= 15 is 0 Å². The fourth-order valence-corrected chi connectivity index (χ4v) is 12.4. The van der Waals surface area contributed by atoms with E-state index in [-0.39, 0.29) is 16.7 Å². The smallest absolute Gasteiger partial charge is 0.289 e. The summed E-state index contributed by atoms with van der Waals surface area (Å²) >= 11 is 0. The monoisotopic (exact) mass is 1270 g/mol. The van der Waals surface area contributed by atoms with E-state index in [1.54, 1.807) is 0 Å². The van der Waals surface area contributed by atoms with Gasteiger partial charge in [-0.05, 0) is 59.3 Å². The second-order valence-electron chi connectivity index (χ2n) is 19.5. The number of hydrogen-bond acceptors (Lipinski definition) is 1. The molecular formula is C60H33BF24OS. The van der Waals surface area contributed by atoms with Crippen LogP contribution in [0.15, 0.2) is 198 Å². The molecule has 0 aliphatic rings. The third kappa shape index (κ3) is 14.2. The van der Waals surface area contributed by atoms with Crippen LogP contribution in [-0.4, -0.2) is 17.7 Å². The molecule has 87 heavy (non-hydrogen) atoms. The molecule has 9 aromatic rings. The van der Waals surface area contributed by atoms with Crippen LogP contribution in [0.25, 0.3) is 21.5 Å². The molecule has 0 heterocycles. The molecule has 0 N–H and O–H groups in total. The highest BCUT2D eigenvalue weighted by Crippen LogP contribution is 2.42. The van der Waals surface area contributed by atoms with E-state index in [4.69, 9.17) is 0 Å². The van der Waals surface area contributed by atoms with Crippen molar-refractivity contribution in [1.29, 1.82) is 0 Å². The summed E-state index contributed by atoms with van der Waals surface area (Å²) in [7, 11) is -0.381. The van der Waals surface area contributed by atoms with Crippen molar-refractivity contribution < 1.29 is 110 Å². The van der Waals surface area contributed by atoms with Gasteiger partial charge in [0.2, 0.25) is 5.78 Å². The molecule has 0 unspecified atom stereocenters. The normalized spacial score (nSPS) is 13.3. The zero-order chi connectivity index (χ0) is 64.3. The summed E-state index contributed by atoms with van der Waals surface area (Å²) < 4.78 is 341. The van der Waals surface area contributed by atoms with Gasteiger partial charge in [0.05, 0.1) is 55.4 Å². The molecule has 0 radical (unpaired) electrons. The van der Waals surface area contributed by atoms with Gasteiger partial charge in [0.1, 0.15) is 6.15 Å². The minimum absolute atomic E-state index is 0.180. The number of alkyl halides is 24. The Bertz CT molecular complexity index is 3470. The highest BCUT2D eigenvalue weighted by atomic mass is 32.2. The minimum Gasteiger partial charge on any atom is -0.289 e. The highest BCUT2D eigenvalue weighted by Gasteiger charge is 2.47. The molecular weight excluding hydrogens is 1240 g/mol. The SMILES string of the molecule is FC(F)(F)c1cc([B-](c2cc(C(F)(F)F)cc(C(F)(F)F)c2)(c2cc(C(F)(F)F)cc(C(F)(F)F)c2)c2cc(C(F)(F)F)cc(C(F)(F)F)c2)cc(C(F)(F)F)c1.O=C(C[S+](c1cccc2ccccc12)c1cccc2ccccc12)c1ccccc1. The van der Waals surface area contributed by atoms with E-state index in [9.17, 15) is 110 Å². The molecule has 0 saturated heterocycles. The molecule has 0 fully saturated rings. The Labute approximate surface area is 478 Å². The van der Waals surface area contributed by atoms with Crippen LogP contribution in [0.4, 0.5) is 105 Å². The number of ketones is 1. The summed E-state index contributed by atoms with van der Waals surface area (Å²) in [6.07, 6.45) is -54.8. The van der Waals surface area contributed by atoms with Crippen molar-refractivity contribution in [2.75, 3.05) is 5.75 Å². The van der Waals surface area contributed by atoms with Crippen molar-refractivity contribution in [2.45, 2.75) is 59.2 Å². The lowest BCUT2D eigenvalue weighted by Gasteiger charge is -2.46. The lowest BCUT2D eigenvalue weighted by Crippen LogP contribution is -2.75. The number of Topliss-reactive ketones (excluding diaryl/α,β-unsaturated/α-hetero) is 1. The molecule has 0 bridgehead atoms. The molecule has 0 aliphatic heterocycles. The number of hydrogen-bond donors (Lipinski definition) is 0. The largest absolute Gasteiger partial charge is 0.416 e. The molecule has 0 aliphatic carbocycles. The molecule has 0 spiro atoms. The number of carbonyl (C=O) groups is 1. The number of rotatable bonds is 9. The summed E-state index contributed by atoms with van der Waals surface area (Å²) in [4.78, 5) is 15.7. The molecule has 0 saturated carbocycles. The number of carbonyl (C=O) groups excluding carboxylic acids is 1. The maximum Gasteiger partial charge on any atom is 0.416 e. The Morgan fingerprint density at radius 2 is 0.517 bits per heavy atom. The van der Waals surface area contributed by atoms with Gasteiger partial charge in [-0.2, -0.15) is 127 Å². The first-order valence-electron chi connectivity index (χ1n) is 24.7. The Morgan fingerprint density at radius 1 is 0.287 bits per heavy atom. The van der Waals surface area contributed by atoms with Crippen LogP contribution in [0.2, 0.25) is 0 Å². The van der Waals surface area contributed by atoms with Crippen molar-refractivity contribution in [1.82, 2.24) is 0 Å². The fourth-order valence-electron chi connectivity index (χ4n) is 10.0. The Kier molecular flexibility index (Phi) is 17.3. The van der Waals surface area contributed by atoms with Gasteiger partial charge >= 0.3 is 49.4 Å². The van der Waals surface area contributed by atoms with Crippen LogP contribution in [0.5, 0.6) is 0 Å². The Balaban J connectivity index is 0.000000271. The van der Waals surface area contributed by atoms with Crippen molar-refractivity contribution >= 4 is 66.2 Å². The number of halogens is 24. The summed E-state index contributed by atoms with van der Waals surface area (Å²) in [5, 5.41) is 4.86. The van der Waals surface area contributed by atoms with Crippen molar-refractivity contribution in [3.63, 3.8) is 0 Å². The zero-order valence-electron chi connectivity index (χ0n) is 43.1. The van der Waals surface area contributed by atoms with Gasteiger partial charge in [0, 0.05) is 16.3 Å². The molecule has 0 amide bonds. The predicted octanol–water partition coefficient (Wildman–Crippen LogP) is 18.1. The average Bonchev–Trinajstić information content (AvgIpc) is 0.769. The fraction of sp³-hybridized carbons (Fsp3) is 0.150. The van der Waals surface area contributed by atoms with Crippen LogP contribution in [0.1, 0.15) is 54.9 Å². The first kappa shape index (κ1) is 64.9. The van der Waals surface area contributed by atoms with Gasteiger partial charge in [0.25, 0.3) is 0 Å². The first-order valence-corrected chi connectivity index (χ1v) is 26.1. The van der Waals surface area contributed by atoms with E-state index in [1.807, 2.05) is 30.3 Å². The zero-order valence-corrected chi connectivity index (χ0v) is 43.9. The number of benzene rings is 9. The third-order valence-electron chi connectivity index (χ3n) is 13.8. The lowest BCUT2D eigenvalue weighted by atomic mass is 9.12. The topological polar surface area (TPSA) is 17.1 Å². The summed E-state index contributed by atoms with van der Waals surface area (Å²) in [5.41, 5.74) is -29.4. The summed E-state index contributed by atoms with van der Waals surface area (Å²) in [6, 6.07) is 30.6. The van der Waals surface area contributed by atoms with E-state index in [0.29, 0.717) is 5.75 Å². The second kappa shape index (κ2) is 23.2. The van der Waals surface area contributed by atoms with Crippen LogP contribution in [0.3, 0.4) is 0 Å². The lowest BCUT2D eigenvalue weighted by molar-refractivity contribution is -0.144. The van der Waals surface area contributed by atoms with Crippen molar-refractivity contribution in [3.8, 4) is 0 Å². The first-order chi connectivity index (χ1) is 40.1. The van der Waals surface area contributed by atoms with Gasteiger partial charge in [-0.25, -0.2) is 0 Å². The van der Waals surface area contributed by atoms with Crippen LogP contribution in [0, 0.1) is 0 Å². The molecule has 27 heteroatoms. The summed E-state index contributed by atoms with van der Waals surface area (Å²) in [6.45, 7) is 0. The molecule has 0 aromatic heterocycles. The quantitative estimate of drug-likeness (QED) is 0.0609. The van der Waals surface area contributed by atoms with Gasteiger partial charge in [0.15, 0.2) is 15.5 Å². The minimum atomic E-state index is -6.13. The molecule has 9 aromatic carbocycles. The molecule has 456 valence electrons. The standard InChI is InChI=1S/C32H12BF24.C28H21OS/c34-25(35,36)13-1-14(26(37,38)39)6-21(5-13)33(22-7-15(27(40,41)42)2-16(8-22)28(43,44)45,23-9-17(29(46,47)48)3-18(10-23)30(49,50)51)24-11-19(31(52,53)54)4-20(12-24)32(55,56)57;29-26(23-12-2-1-3-13-23)20-30(27-18-8-14-21-10-4-6-16-24(21)27)28-19-9-15-22-11-5-7-17-25(22)28/h1-12H;1-19H,20H2/q-1;+1. The molecule has 0 atom stereocenters. The van der Waals surface area contributed by atoms with Crippen molar-refractivity contribution in [3.05, 3.63) is 238 Å². The summed E-state index contributed by atoms with van der Waals surface area (Å²) in [5.74, 6) is 0.645. The third-order valence-corrected chi connectivity index (χ3v) is 16.2.